The Balaban J connectivity index is 0.00000210. The molecule has 27 heavy (non-hydrogen) atoms. The first-order chi connectivity index (χ1) is 12.6. The van der Waals surface area contributed by atoms with Crippen molar-refractivity contribution >= 4 is 18.3 Å². The van der Waals surface area contributed by atoms with Gasteiger partial charge in [0.25, 0.3) is 5.91 Å². The Morgan fingerprint density at radius 1 is 1.30 bits per heavy atom. The van der Waals surface area contributed by atoms with E-state index in [0.717, 1.165) is 49.9 Å². The molecule has 4 rings (SSSR count). The molecule has 2 N–H and O–H groups in total. The summed E-state index contributed by atoms with van der Waals surface area (Å²) in [6.45, 7) is 3.42. The maximum atomic E-state index is 14.3. The summed E-state index contributed by atoms with van der Waals surface area (Å²) < 4.78 is 15.9. The van der Waals surface area contributed by atoms with Gasteiger partial charge in [-0.2, -0.15) is 5.10 Å². The summed E-state index contributed by atoms with van der Waals surface area (Å²) in [5.41, 5.74) is 8.92. The van der Waals surface area contributed by atoms with E-state index in [1.54, 1.807) is 22.9 Å². The molecule has 5 nitrogen and oxygen atoms in total. The number of fused-ring (bicyclic) bond motifs is 1. The molecule has 2 atom stereocenters. The maximum Gasteiger partial charge on any atom is 0.274 e. The topological polar surface area (TPSA) is 64.2 Å². The third-order valence-electron chi connectivity index (χ3n) is 5.70. The van der Waals surface area contributed by atoms with Gasteiger partial charge in [0.15, 0.2) is 5.69 Å². The number of nitrogens with zero attached hydrogens (tertiary/aromatic N) is 3. The summed E-state index contributed by atoms with van der Waals surface area (Å²) in [5.74, 6) is -0.0308. The number of hydrogen-bond donors (Lipinski definition) is 1. The van der Waals surface area contributed by atoms with Gasteiger partial charge in [-0.1, -0.05) is 12.1 Å². The molecule has 7 heteroatoms. The second-order valence-electron chi connectivity index (χ2n) is 7.50. The van der Waals surface area contributed by atoms with Gasteiger partial charge in [-0.3, -0.25) is 4.79 Å². The summed E-state index contributed by atoms with van der Waals surface area (Å²) >= 11 is 0. The molecule has 1 aliphatic heterocycles. The van der Waals surface area contributed by atoms with Crippen LogP contribution in [0.5, 0.6) is 0 Å². The fourth-order valence-corrected chi connectivity index (χ4v) is 4.21. The van der Waals surface area contributed by atoms with E-state index in [2.05, 4.69) is 5.10 Å². The molecule has 0 bridgehead atoms. The van der Waals surface area contributed by atoms with Crippen LogP contribution in [0.3, 0.4) is 0 Å². The molecule has 2 aromatic rings. The monoisotopic (exact) mass is 392 g/mol. The molecule has 1 aliphatic carbocycles. The Bertz CT molecular complexity index is 835. The number of hydrogen-bond acceptors (Lipinski definition) is 3. The van der Waals surface area contributed by atoms with Crippen molar-refractivity contribution in [3.63, 3.8) is 0 Å². The van der Waals surface area contributed by atoms with E-state index in [0.29, 0.717) is 23.8 Å². The lowest BCUT2D eigenvalue weighted by molar-refractivity contribution is 0.0653. The standard InChI is InChI=1S/C20H25FN4O.ClH/c1-13(22)14-6-5-11-24(12-14)20(26)19-15-7-4-10-17(15)25(23-19)18-9-3-2-8-16(18)21;/h2-3,8-9,13-14H,4-7,10-12,22H2,1H3;1H. The molecule has 0 spiro atoms. The first-order valence-corrected chi connectivity index (χ1v) is 9.46. The zero-order valence-corrected chi connectivity index (χ0v) is 16.3. The lowest BCUT2D eigenvalue weighted by Crippen LogP contribution is -2.45. The van der Waals surface area contributed by atoms with Gasteiger partial charge in [-0.25, -0.2) is 9.07 Å². The van der Waals surface area contributed by atoms with Crippen molar-refractivity contribution in [3.8, 4) is 5.69 Å². The molecule has 2 heterocycles. The minimum Gasteiger partial charge on any atom is -0.337 e. The van der Waals surface area contributed by atoms with Crippen molar-refractivity contribution in [1.29, 1.82) is 0 Å². The highest BCUT2D eigenvalue weighted by Crippen LogP contribution is 2.30. The summed E-state index contributed by atoms with van der Waals surface area (Å²) in [6, 6.07) is 6.67. The number of rotatable bonds is 3. The number of aromatic nitrogens is 2. The van der Waals surface area contributed by atoms with E-state index in [1.807, 2.05) is 11.8 Å². The van der Waals surface area contributed by atoms with Crippen molar-refractivity contribution in [2.75, 3.05) is 13.1 Å². The van der Waals surface area contributed by atoms with Crippen molar-refractivity contribution in [3.05, 3.63) is 47.0 Å². The van der Waals surface area contributed by atoms with Crippen LogP contribution in [0.2, 0.25) is 0 Å². The Morgan fingerprint density at radius 3 is 2.81 bits per heavy atom. The predicted octanol–water partition coefficient (Wildman–Crippen LogP) is 3.12. The average Bonchev–Trinajstić information content (AvgIpc) is 3.24. The number of para-hydroxylation sites is 1. The number of halogens is 2. The number of nitrogens with two attached hydrogens (primary N) is 1. The van der Waals surface area contributed by atoms with Crippen LogP contribution >= 0.6 is 12.4 Å². The first kappa shape index (κ1) is 19.8. The van der Waals surface area contributed by atoms with Crippen LogP contribution in [0.25, 0.3) is 5.69 Å². The number of benzene rings is 1. The van der Waals surface area contributed by atoms with E-state index < -0.39 is 0 Å². The van der Waals surface area contributed by atoms with Gasteiger partial charge in [0.1, 0.15) is 11.5 Å². The molecule has 0 radical (unpaired) electrons. The number of carbonyl (C=O) groups is 1. The molecular formula is C20H26ClFN4O. The lowest BCUT2D eigenvalue weighted by atomic mass is 9.92. The first-order valence-electron chi connectivity index (χ1n) is 9.46. The highest BCUT2D eigenvalue weighted by molar-refractivity contribution is 5.94. The number of carbonyl (C=O) groups excluding carboxylic acids is 1. The fourth-order valence-electron chi connectivity index (χ4n) is 4.21. The number of piperidine rings is 1. The van der Waals surface area contributed by atoms with Gasteiger partial charge < -0.3 is 10.6 Å². The molecule has 146 valence electrons. The van der Waals surface area contributed by atoms with Crippen LogP contribution in [-0.4, -0.2) is 39.7 Å². The van der Waals surface area contributed by atoms with Gasteiger partial charge in [-0.15, -0.1) is 12.4 Å². The quantitative estimate of drug-likeness (QED) is 0.872. The van der Waals surface area contributed by atoms with Crippen molar-refractivity contribution in [2.45, 2.75) is 45.1 Å². The molecule has 1 amide bonds. The SMILES string of the molecule is CC(N)C1CCCN(C(=O)c2nn(-c3ccccc3F)c3c2CCC3)C1.Cl. The zero-order chi connectivity index (χ0) is 18.3. The minimum atomic E-state index is -0.321. The summed E-state index contributed by atoms with van der Waals surface area (Å²) in [6.07, 6.45) is 4.66. The molecule has 0 saturated carbocycles. The van der Waals surface area contributed by atoms with Crippen LogP contribution in [-0.2, 0) is 12.8 Å². The van der Waals surface area contributed by atoms with E-state index in [4.69, 9.17) is 5.73 Å². The van der Waals surface area contributed by atoms with Gasteiger partial charge >= 0.3 is 0 Å². The Labute approximate surface area is 165 Å². The molecule has 1 fully saturated rings. The van der Waals surface area contributed by atoms with Gasteiger partial charge in [0.05, 0.1) is 0 Å². The van der Waals surface area contributed by atoms with Crippen molar-refractivity contribution in [2.24, 2.45) is 11.7 Å². The van der Waals surface area contributed by atoms with E-state index in [9.17, 15) is 9.18 Å². The molecule has 1 saturated heterocycles. The van der Waals surface area contributed by atoms with E-state index in [-0.39, 0.29) is 30.2 Å². The maximum absolute atomic E-state index is 14.3. The summed E-state index contributed by atoms with van der Waals surface area (Å²) in [5, 5.41) is 4.56. The van der Waals surface area contributed by atoms with E-state index in [1.165, 1.54) is 6.07 Å². The Hall–Kier alpha value is -1.92. The molecule has 2 aliphatic rings. The summed E-state index contributed by atoms with van der Waals surface area (Å²) in [4.78, 5) is 15.1. The van der Waals surface area contributed by atoms with Crippen LogP contribution in [0.4, 0.5) is 4.39 Å². The lowest BCUT2D eigenvalue weighted by Gasteiger charge is -2.34. The van der Waals surface area contributed by atoms with Crippen molar-refractivity contribution < 1.29 is 9.18 Å². The number of amides is 1. The van der Waals surface area contributed by atoms with Crippen LogP contribution in [0.1, 0.15) is 47.9 Å². The van der Waals surface area contributed by atoms with E-state index >= 15 is 0 Å². The molecule has 1 aromatic heterocycles. The average molecular weight is 393 g/mol. The molecule has 2 unspecified atom stereocenters. The smallest absolute Gasteiger partial charge is 0.274 e. The predicted molar refractivity (Wildman–Crippen MR) is 105 cm³/mol. The highest BCUT2D eigenvalue weighted by Gasteiger charge is 2.32. The van der Waals surface area contributed by atoms with Gasteiger partial charge in [0, 0.05) is 30.4 Å². The zero-order valence-electron chi connectivity index (χ0n) is 15.5. The highest BCUT2D eigenvalue weighted by atomic mass is 35.5. The van der Waals surface area contributed by atoms with Crippen LogP contribution in [0, 0.1) is 11.7 Å². The Morgan fingerprint density at radius 2 is 2.07 bits per heavy atom. The normalized spacial score (nSPS) is 20.1. The van der Waals surface area contributed by atoms with Crippen LogP contribution < -0.4 is 5.73 Å². The third-order valence-corrected chi connectivity index (χ3v) is 5.70. The second-order valence-corrected chi connectivity index (χ2v) is 7.50. The van der Waals surface area contributed by atoms with Crippen LogP contribution in [0.15, 0.2) is 24.3 Å². The van der Waals surface area contributed by atoms with Gasteiger partial charge in [0.2, 0.25) is 0 Å². The van der Waals surface area contributed by atoms with Gasteiger partial charge in [-0.05, 0) is 57.1 Å². The second kappa shape index (κ2) is 7.98. The fraction of sp³-hybridized carbons (Fsp3) is 0.500. The number of likely N-dealkylation sites (tertiary alicyclic amines) is 1. The summed E-state index contributed by atoms with van der Waals surface area (Å²) in [7, 11) is 0. The largest absolute Gasteiger partial charge is 0.337 e. The molecular weight excluding hydrogens is 367 g/mol. The molecule has 1 aromatic carbocycles. The third kappa shape index (κ3) is 3.60. The Kier molecular flexibility index (Phi) is 5.86. The van der Waals surface area contributed by atoms with Crippen molar-refractivity contribution in [1.82, 2.24) is 14.7 Å². The minimum absolute atomic E-state index is 0.